The number of hydrogen-bond donors (Lipinski definition) is 2. The summed E-state index contributed by atoms with van der Waals surface area (Å²) in [4.78, 5) is 7.06. The van der Waals surface area contributed by atoms with Crippen LogP contribution >= 0.6 is 0 Å². The van der Waals surface area contributed by atoms with E-state index in [2.05, 4.69) is 9.97 Å². The Morgan fingerprint density at radius 1 is 1.41 bits per heavy atom. The summed E-state index contributed by atoms with van der Waals surface area (Å²) < 4.78 is 26.6. The van der Waals surface area contributed by atoms with Crippen LogP contribution in [0.15, 0.2) is 24.4 Å². The number of halogens is 2. The molecule has 1 heterocycles. The van der Waals surface area contributed by atoms with Gasteiger partial charge >= 0.3 is 0 Å². The molecular formula is C12H13F2N3. The first-order valence-corrected chi connectivity index (χ1v) is 5.32. The average Bonchev–Trinajstić information content (AvgIpc) is 2.80. The second-order valence-corrected chi connectivity index (χ2v) is 3.94. The molecule has 0 spiro atoms. The van der Waals surface area contributed by atoms with Crippen LogP contribution in [0.2, 0.25) is 0 Å². The Balaban J connectivity index is 2.40. The third-order valence-corrected chi connectivity index (χ3v) is 2.63. The summed E-state index contributed by atoms with van der Waals surface area (Å²) in [6, 6.07) is 3.32. The van der Waals surface area contributed by atoms with Crippen molar-refractivity contribution in [2.24, 2.45) is 5.73 Å². The summed E-state index contributed by atoms with van der Waals surface area (Å²) in [5, 5.41) is 0. The summed E-state index contributed by atoms with van der Waals surface area (Å²) in [6.07, 6.45) is 1.49. The Hall–Kier alpha value is -1.75. The molecule has 2 rings (SSSR count). The molecule has 0 fully saturated rings. The van der Waals surface area contributed by atoms with Crippen molar-refractivity contribution in [1.82, 2.24) is 9.97 Å². The number of benzene rings is 1. The molecule has 1 aromatic heterocycles. The van der Waals surface area contributed by atoms with Gasteiger partial charge in [-0.25, -0.2) is 13.8 Å². The van der Waals surface area contributed by atoms with Crippen molar-refractivity contribution in [2.75, 3.05) is 6.54 Å². The molecule has 90 valence electrons. The lowest BCUT2D eigenvalue weighted by Gasteiger charge is -2.04. The maximum Gasteiger partial charge on any atom is 0.132 e. The Morgan fingerprint density at radius 3 is 2.88 bits per heavy atom. The van der Waals surface area contributed by atoms with Crippen LogP contribution in [-0.4, -0.2) is 16.5 Å². The van der Waals surface area contributed by atoms with E-state index in [4.69, 9.17) is 5.73 Å². The van der Waals surface area contributed by atoms with Crippen LogP contribution in [0.1, 0.15) is 18.7 Å². The highest BCUT2D eigenvalue weighted by Gasteiger charge is 2.12. The fraction of sp³-hybridized carbons (Fsp3) is 0.250. The number of aromatic nitrogens is 2. The van der Waals surface area contributed by atoms with Crippen molar-refractivity contribution in [3.8, 4) is 11.3 Å². The molecule has 0 amide bonds. The molecule has 0 saturated heterocycles. The van der Waals surface area contributed by atoms with Crippen molar-refractivity contribution >= 4 is 0 Å². The number of H-pyrrole nitrogens is 1. The average molecular weight is 237 g/mol. The van der Waals surface area contributed by atoms with E-state index in [0.29, 0.717) is 18.1 Å². The minimum atomic E-state index is -0.484. The van der Waals surface area contributed by atoms with Gasteiger partial charge in [-0.05, 0) is 18.2 Å². The number of nitrogens with one attached hydrogen (secondary N) is 1. The Bertz CT molecular complexity index is 522. The van der Waals surface area contributed by atoms with Crippen LogP contribution in [0.3, 0.4) is 0 Å². The molecule has 1 unspecified atom stereocenters. The molecule has 0 aliphatic rings. The highest BCUT2D eigenvalue weighted by molar-refractivity contribution is 5.59. The second-order valence-electron chi connectivity index (χ2n) is 3.94. The molecule has 5 heteroatoms. The van der Waals surface area contributed by atoms with Crippen molar-refractivity contribution in [3.63, 3.8) is 0 Å². The number of imidazole rings is 1. The van der Waals surface area contributed by atoms with E-state index in [-0.39, 0.29) is 11.5 Å². The third-order valence-electron chi connectivity index (χ3n) is 2.63. The minimum Gasteiger partial charge on any atom is -0.342 e. The second kappa shape index (κ2) is 4.63. The quantitative estimate of drug-likeness (QED) is 0.861. The molecule has 0 radical (unpaired) electrons. The fourth-order valence-corrected chi connectivity index (χ4v) is 1.54. The largest absolute Gasteiger partial charge is 0.342 e. The third kappa shape index (κ3) is 2.34. The zero-order chi connectivity index (χ0) is 12.4. The van der Waals surface area contributed by atoms with Gasteiger partial charge in [-0.2, -0.15) is 0 Å². The highest BCUT2D eigenvalue weighted by Crippen LogP contribution is 2.23. The van der Waals surface area contributed by atoms with Crippen molar-refractivity contribution in [2.45, 2.75) is 12.8 Å². The van der Waals surface area contributed by atoms with E-state index in [9.17, 15) is 8.78 Å². The summed E-state index contributed by atoms with van der Waals surface area (Å²) in [5.74, 6) is -0.238. The maximum atomic E-state index is 13.5. The first kappa shape index (κ1) is 11.7. The number of nitrogens with zero attached hydrogens (tertiary/aromatic N) is 1. The zero-order valence-electron chi connectivity index (χ0n) is 9.37. The Kier molecular flexibility index (Phi) is 3.19. The normalized spacial score (nSPS) is 12.7. The van der Waals surface area contributed by atoms with Gasteiger partial charge in [0, 0.05) is 18.0 Å². The van der Waals surface area contributed by atoms with Gasteiger partial charge in [0.15, 0.2) is 0 Å². The summed E-state index contributed by atoms with van der Waals surface area (Å²) in [5.41, 5.74) is 6.14. The van der Waals surface area contributed by atoms with Crippen molar-refractivity contribution < 1.29 is 8.78 Å². The van der Waals surface area contributed by atoms with E-state index in [0.717, 1.165) is 18.2 Å². The first-order chi connectivity index (χ1) is 8.11. The van der Waals surface area contributed by atoms with Gasteiger partial charge < -0.3 is 10.7 Å². The smallest absolute Gasteiger partial charge is 0.132 e. The summed E-state index contributed by atoms with van der Waals surface area (Å²) >= 11 is 0. The fourth-order valence-electron chi connectivity index (χ4n) is 1.54. The van der Waals surface area contributed by atoms with E-state index < -0.39 is 11.6 Å². The van der Waals surface area contributed by atoms with Gasteiger partial charge in [-0.1, -0.05) is 6.92 Å². The summed E-state index contributed by atoms with van der Waals surface area (Å²) in [6.45, 7) is 2.35. The Morgan fingerprint density at radius 2 is 2.18 bits per heavy atom. The van der Waals surface area contributed by atoms with E-state index in [1.165, 1.54) is 6.20 Å². The molecule has 2 aromatic rings. The molecule has 17 heavy (non-hydrogen) atoms. The van der Waals surface area contributed by atoms with Gasteiger partial charge in [0.1, 0.15) is 17.5 Å². The topological polar surface area (TPSA) is 54.7 Å². The summed E-state index contributed by atoms with van der Waals surface area (Å²) in [7, 11) is 0. The predicted octanol–water partition coefficient (Wildman–Crippen LogP) is 2.42. The standard InChI is InChI=1S/C12H13F2N3/c1-7(5-15)12-16-6-11(17-12)9-4-8(13)2-3-10(9)14/h2-4,6-7H,5,15H2,1H3,(H,16,17). The lowest BCUT2D eigenvalue weighted by molar-refractivity contribution is 0.602. The molecular weight excluding hydrogens is 224 g/mol. The first-order valence-electron chi connectivity index (χ1n) is 5.32. The monoisotopic (exact) mass is 237 g/mol. The van der Waals surface area contributed by atoms with Crippen LogP contribution in [-0.2, 0) is 0 Å². The van der Waals surface area contributed by atoms with Crippen LogP contribution in [0, 0.1) is 11.6 Å². The van der Waals surface area contributed by atoms with Crippen molar-refractivity contribution in [3.05, 3.63) is 41.9 Å². The SMILES string of the molecule is CC(CN)c1ncc(-c2cc(F)ccc2F)[nH]1. The predicted molar refractivity (Wildman–Crippen MR) is 61.4 cm³/mol. The van der Waals surface area contributed by atoms with E-state index >= 15 is 0 Å². The lowest BCUT2D eigenvalue weighted by Crippen LogP contribution is -2.10. The lowest BCUT2D eigenvalue weighted by atomic mass is 10.1. The molecule has 1 atom stereocenters. The maximum absolute atomic E-state index is 13.5. The molecule has 0 aliphatic heterocycles. The van der Waals surface area contributed by atoms with Gasteiger partial charge in [-0.15, -0.1) is 0 Å². The molecule has 0 bridgehead atoms. The van der Waals surface area contributed by atoms with Crippen LogP contribution in [0.4, 0.5) is 8.78 Å². The molecule has 3 nitrogen and oxygen atoms in total. The molecule has 3 N–H and O–H groups in total. The molecule has 1 aromatic carbocycles. The van der Waals surface area contributed by atoms with Gasteiger partial charge in [0.25, 0.3) is 0 Å². The Labute approximate surface area is 97.7 Å². The number of nitrogens with two attached hydrogens (primary N) is 1. The van der Waals surface area contributed by atoms with Gasteiger partial charge in [-0.3, -0.25) is 0 Å². The highest BCUT2D eigenvalue weighted by atomic mass is 19.1. The number of hydrogen-bond acceptors (Lipinski definition) is 2. The van der Waals surface area contributed by atoms with Gasteiger partial charge in [0.05, 0.1) is 11.9 Å². The van der Waals surface area contributed by atoms with E-state index in [1.54, 1.807) is 0 Å². The van der Waals surface area contributed by atoms with Crippen LogP contribution < -0.4 is 5.73 Å². The zero-order valence-corrected chi connectivity index (χ0v) is 9.37. The minimum absolute atomic E-state index is 0.0559. The number of aromatic amines is 1. The molecule has 0 aliphatic carbocycles. The van der Waals surface area contributed by atoms with Crippen molar-refractivity contribution in [1.29, 1.82) is 0 Å². The van der Waals surface area contributed by atoms with E-state index in [1.807, 2.05) is 6.92 Å². The van der Waals surface area contributed by atoms with Crippen LogP contribution in [0.25, 0.3) is 11.3 Å². The molecule has 0 saturated carbocycles. The van der Waals surface area contributed by atoms with Gasteiger partial charge in [0.2, 0.25) is 0 Å². The number of rotatable bonds is 3. The van der Waals surface area contributed by atoms with Crippen LogP contribution in [0.5, 0.6) is 0 Å².